The van der Waals surface area contributed by atoms with Gasteiger partial charge in [0.15, 0.2) is 6.10 Å². The van der Waals surface area contributed by atoms with Crippen LogP contribution in [0.5, 0.6) is 0 Å². The number of aliphatic imine (C=N–C) groups is 1. The molecule has 1 saturated heterocycles. The highest BCUT2D eigenvalue weighted by Gasteiger charge is 2.61. The van der Waals surface area contributed by atoms with Crippen molar-refractivity contribution >= 4 is 5.84 Å². The molecule has 2 aliphatic heterocycles. The first-order valence-electron chi connectivity index (χ1n) is 5.96. The van der Waals surface area contributed by atoms with Crippen molar-refractivity contribution in [3.63, 3.8) is 0 Å². The summed E-state index contributed by atoms with van der Waals surface area (Å²) in [6.45, 7) is 3.60. The maximum absolute atomic E-state index is 14.4. The van der Waals surface area contributed by atoms with Crippen LogP contribution in [-0.2, 0) is 14.2 Å². The molecule has 2 heterocycles. The summed E-state index contributed by atoms with van der Waals surface area (Å²) in [7, 11) is 2.62. The average molecular weight is 289 g/mol. The first-order valence-corrected chi connectivity index (χ1v) is 5.96. The Balaban J connectivity index is 2.24. The predicted molar refractivity (Wildman–Crippen MR) is 68.0 cm³/mol. The third-order valence-corrected chi connectivity index (χ3v) is 3.15. The minimum Gasteiger partial charge on any atom is -0.384 e. The van der Waals surface area contributed by atoms with Gasteiger partial charge in [-0.3, -0.25) is 0 Å². The zero-order chi connectivity index (χ0) is 14.9. The first kappa shape index (κ1) is 14.9. The average Bonchev–Trinajstić information content (AvgIpc) is 2.61. The van der Waals surface area contributed by atoms with Gasteiger partial charge in [0, 0.05) is 20.4 Å². The molecule has 0 bridgehead atoms. The van der Waals surface area contributed by atoms with Crippen molar-refractivity contribution in [2.75, 3.05) is 20.8 Å². The maximum Gasteiger partial charge on any atom is 0.320 e. The number of nitrogens with zero attached hydrogens (tertiary/aromatic N) is 2. The second-order valence-electron chi connectivity index (χ2n) is 4.49. The molecular formula is C12H17F2N3O3. The van der Waals surface area contributed by atoms with Crippen molar-refractivity contribution in [1.29, 1.82) is 0 Å². The van der Waals surface area contributed by atoms with Gasteiger partial charge in [-0.2, -0.15) is 8.78 Å². The number of methoxy groups -OCH3 is 2. The van der Waals surface area contributed by atoms with Gasteiger partial charge in [0.2, 0.25) is 6.23 Å². The fourth-order valence-electron chi connectivity index (χ4n) is 2.27. The molecule has 2 rings (SSSR count). The van der Waals surface area contributed by atoms with E-state index in [-0.39, 0.29) is 18.3 Å². The van der Waals surface area contributed by atoms with Crippen LogP contribution in [0.3, 0.4) is 0 Å². The molecule has 0 aromatic rings. The van der Waals surface area contributed by atoms with E-state index in [1.54, 1.807) is 0 Å². The number of hydrogen-bond donors (Lipinski definition) is 1. The van der Waals surface area contributed by atoms with Crippen molar-refractivity contribution < 1.29 is 23.0 Å². The quantitative estimate of drug-likeness (QED) is 0.823. The van der Waals surface area contributed by atoms with Crippen LogP contribution in [0.2, 0.25) is 0 Å². The van der Waals surface area contributed by atoms with Gasteiger partial charge in [-0.25, -0.2) is 4.99 Å². The van der Waals surface area contributed by atoms with Crippen LogP contribution in [0.15, 0.2) is 29.7 Å². The van der Waals surface area contributed by atoms with E-state index < -0.39 is 24.4 Å². The highest BCUT2D eigenvalue weighted by molar-refractivity contribution is 5.92. The monoisotopic (exact) mass is 289 g/mol. The Morgan fingerprint density at radius 1 is 1.55 bits per heavy atom. The Labute approximate surface area is 115 Å². The van der Waals surface area contributed by atoms with Crippen LogP contribution in [-0.4, -0.2) is 55.9 Å². The van der Waals surface area contributed by atoms with Crippen molar-refractivity contribution in [2.24, 2.45) is 10.7 Å². The molecule has 0 amide bonds. The van der Waals surface area contributed by atoms with E-state index in [9.17, 15) is 8.78 Å². The minimum atomic E-state index is -3.24. The summed E-state index contributed by atoms with van der Waals surface area (Å²) in [5.74, 6) is -2.96. The molecule has 0 aromatic heterocycles. The lowest BCUT2D eigenvalue weighted by atomic mass is 10.1. The molecule has 0 radical (unpaired) electrons. The summed E-state index contributed by atoms with van der Waals surface area (Å²) in [5.41, 5.74) is 5.48. The summed E-state index contributed by atoms with van der Waals surface area (Å²) < 4.78 is 43.9. The van der Waals surface area contributed by atoms with Crippen LogP contribution in [0.1, 0.15) is 0 Å². The molecule has 2 aliphatic rings. The number of hydrogen-bond acceptors (Lipinski definition) is 6. The molecule has 0 saturated carbocycles. The second-order valence-corrected chi connectivity index (χ2v) is 4.49. The van der Waals surface area contributed by atoms with E-state index in [2.05, 4.69) is 11.6 Å². The van der Waals surface area contributed by atoms with Crippen LogP contribution < -0.4 is 5.73 Å². The smallest absolute Gasteiger partial charge is 0.320 e. The summed E-state index contributed by atoms with van der Waals surface area (Å²) in [6, 6.07) is 0. The highest BCUT2D eigenvalue weighted by atomic mass is 19.3. The number of ether oxygens (including phenoxy) is 3. The number of amidine groups is 1. The van der Waals surface area contributed by atoms with E-state index >= 15 is 0 Å². The lowest BCUT2D eigenvalue weighted by Gasteiger charge is -2.32. The first-order chi connectivity index (χ1) is 9.41. The number of rotatable bonds is 4. The van der Waals surface area contributed by atoms with Gasteiger partial charge in [-0.05, 0) is 6.08 Å². The number of halogens is 2. The van der Waals surface area contributed by atoms with Gasteiger partial charge in [0.05, 0.1) is 6.61 Å². The van der Waals surface area contributed by atoms with Crippen molar-refractivity contribution in [3.05, 3.63) is 24.7 Å². The summed E-state index contributed by atoms with van der Waals surface area (Å²) >= 11 is 0. The van der Waals surface area contributed by atoms with E-state index in [0.717, 1.165) is 4.90 Å². The van der Waals surface area contributed by atoms with Crippen LogP contribution in [0.25, 0.3) is 0 Å². The van der Waals surface area contributed by atoms with Gasteiger partial charge >= 0.3 is 5.92 Å². The minimum absolute atomic E-state index is 0.0000336. The largest absolute Gasteiger partial charge is 0.384 e. The lowest BCUT2D eigenvalue weighted by Crippen LogP contribution is -2.48. The molecule has 1 fully saturated rings. The molecule has 3 atom stereocenters. The van der Waals surface area contributed by atoms with Crippen molar-refractivity contribution in [1.82, 2.24) is 4.90 Å². The van der Waals surface area contributed by atoms with Gasteiger partial charge in [-0.15, -0.1) is 0 Å². The zero-order valence-electron chi connectivity index (χ0n) is 11.3. The molecule has 112 valence electrons. The second kappa shape index (κ2) is 5.47. The number of alkyl halides is 2. The third-order valence-electron chi connectivity index (χ3n) is 3.15. The fourth-order valence-corrected chi connectivity index (χ4v) is 2.27. The van der Waals surface area contributed by atoms with E-state index in [0.29, 0.717) is 0 Å². The third kappa shape index (κ3) is 2.41. The SMILES string of the molecule is C=C1N=C(N)C=CN1[C@@H]1O[C@H](COC)C(OC)C1(F)F. The summed E-state index contributed by atoms with van der Waals surface area (Å²) in [5, 5.41) is 0. The van der Waals surface area contributed by atoms with Crippen LogP contribution >= 0.6 is 0 Å². The van der Waals surface area contributed by atoms with Gasteiger partial charge in [-0.1, -0.05) is 6.58 Å². The number of nitrogens with two attached hydrogens (primary N) is 1. The molecule has 2 N–H and O–H groups in total. The highest BCUT2D eigenvalue weighted by Crippen LogP contribution is 2.41. The Morgan fingerprint density at radius 2 is 2.25 bits per heavy atom. The normalized spacial score (nSPS) is 32.6. The predicted octanol–water partition coefficient (Wildman–Crippen LogP) is 0.666. The van der Waals surface area contributed by atoms with Crippen molar-refractivity contribution in [3.8, 4) is 0 Å². The topological polar surface area (TPSA) is 69.3 Å². The van der Waals surface area contributed by atoms with Crippen LogP contribution in [0.4, 0.5) is 8.78 Å². The van der Waals surface area contributed by atoms with Crippen LogP contribution in [0, 0.1) is 0 Å². The zero-order valence-corrected chi connectivity index (χ0v) is 11.3. The molecule has 0 aliphatic carbocycles. The Bertz CT molecular complexity index is 453. The molecule has 6 nitrogen and oxygen atoms in total. The lowest BCUT2D eigenvalue weighted by molar-refractivity contribution is -0.154. The van der Waals surface area contributed by atoms with Gasteiger partial charge in [0.25, 0.3) is 0 Å². The van der Waals surface area contributed by atoms with Crippen molar-refractivity contribution in [2.45, 2.75) is 24.4 Å². The fraction of sp³-hybridized carbons (Fsp3) is 0.583. The molecule has 8 heteroatoms. The molecule has 0 aromatic carbocycles. The van der Waals surface area contributed by atoms with E-state index in [1.807, 2.05) is 0 Å². The van der Waals surface area contributed by atoms with Gasteiger partial charge < -0.3 is 24.8 Å². The van der Waals surface area contributed by atoms with E-state index in [1.165, 1.54) is 26.5 Å². The van der Waals surface area contributed by atoms with E-state index in [4.69, 9.17) is 19.9 Å². The molecular weight excluding hydrogens is 272 g/mol. The molecule has 20 heavy (non-hydrogen) atoms. The summed E-state index contributed by atoms with van der Waals surface area (Å²) in [6.07, 6.45) is -1.08. The van der Waals surface area contributed by atoms with Gasteiger partial charge in [0.1, 0.15) is 17.8 Å². The Hall–Kier alpha value is -1.51. The standard InChI is InChI=1S/C12H17F2N3O3/c1-7-16-9(15)4-5-17(7)11-12(13,14)10(19-3)8(20-11)6-18-2/h4-5,8,10-11H,1,6H2,2-3H3,(H2,15,16)/t8-,10?,11-/m1/s1. The maximum atomic E-state index is 14.4. The Morgan fingerprint density at radius 3 is 2.80 bits per heavy atom. The summed E-state index contributed by atoms with van der Waals surface area (Å²) in [4.78, 5) is 4.99. The molecule has 0 spiro atoms. The Kier molecular flexibility index (Phi) is 4.07. The molecule has 1 unspecified atom stereocenters.